The number of nitrogens with zero attached hydrogens (tertiary/aromatic N) is 4. The van der Waals surface area contributed by atoms with Crippen molar-refractivity contribution in [2.24, 2.45) is 5.92 Å². The zero-order valence-corrected chi connectivity index (χ0v) is 18.6. The predicted octanol–water partition coefficient (Wildman–Crippen LogP) is 4.46. The van der Waals surface area contributed by atoms with Gasteiger partial charge in [0.15, 0.2) is 10.8 Å². The molecule has 6 nitrogen and oxygen atoms in total. The molecule has 0 unspecified atom stereocenters. The van der Waals surface area contributed by atoms with Crippen molar-refractivity contribution in [3.8, 4) is 5.69 Å². The molecule has 32 heavy (non-hydrogen) atoms. The van der Waals surface area contributed by atoms with Crippen molar-refractivity contribution in [2.45, 2.75) is 26.3 Å². The molecule has 1 atom stereocenters. The van der Waals surface area contributed by atoms with Crippen LogP contribution in [0.5, 0.6) is 0 Å². The van der Waals surface area contributed by atoms with Gasteiger partial charge in [-0.15, -0.1) is 0 Å². The number of hydrogen-bond donors (Lipinski definition) is 1. The highest BCUT2D eigenvalue weighted by Gasteiger charge is 2.28. The maximum atomic E-state index is 13.3. The summed E-state index contributed by atoms with van der Waals surface area (Å²) in [5, 5.41) is 8.57. The standard InChI is InChI=1S/C24H24FN5OS/c1-16-21-22(30(28-16)20-11-9-19(25)10-12-20)27-24(32-21)29-13-5-8-18(15-29)23(31)26-14-17-6-3-2-4-7-17/h2-4,6-7,9-12,18H,5,8,13-15H2,1H3,(H,26,31)/t18-/m1/s1. The van der Waals surface area contributed by atoms with Gasteiger partial charge in [-0.2, -0.15) is 10.1 Å². The third-order valence-electron chi connectivity index (χ3n) is 5.82. The molecule has 2 aromatic carbocycles. The number of thiazole rings is 1. The van der Waals surface area contributed by atoms with Gasteiger partial charge in [-0.25, -0.2) is 9.07 Å². The second-order valence-corrected chi connectivity index (χ2v) is 9.09. The Morgan fingerprint density at radius 1 is 1.19 bits per heavy atom. The van der Waals surface area contributed by atoms with Crippen LogP contribution in [0.15, 0.2) is 54.6 Å². The number of rotatable bonds is 5. The lowest BCUT2D eigenvalue weighted by Gasteiger charge is -2.31. The van der Waals surface area contributed by atoms with Gasteiger partial charge in [0.05, 0.1) is 22.0 Å². The number of amides is 1. The average molecular weight is 450 g/mol. The molecule has 2 aromatic heterocycles. The van der Waals surface area contributed by atoms with Gasteiger partial charge in [-0.05, 0) is 49.6 Å². The number of anilines is 1. The molecule has 4 aromatic rings. The number of aromatic nitrogens is 3. The van der Waals surface area contributed by atoms with E-state index in [1.807, 2.05) is 37.3 Å². The molecule has 1 amide bonds. The highest BCUT2D eigenvalue weighted by Crippen LogP contribution is 2.34. The maximum Gasteiger partial charge on any atom is 0.225 e. The van der Waals surface area contributed by atoms with Crippen LogP contribution >= 0.6 is 11.3 Å². The molecule has 1 N–H and O–H groups in total. The zero-order valence-electron chi connectivity index (χ0n) is 17.8. The first kappa shape index (κ1) is 20.6. The van der Waals surface area contributed by atoms with E-state index in [1.165, 1.54) is 12.1 Å². The summed E-state index contributed by atoms with van der Waals surface area (Å²) in [5.41, 5.74) is 3.53. The van der Waals surface area contributed by atoms with E-state index in [9.17, 15) is 9.18 Å². The van der Waals surface area contributed by atoms with Crippen molar-refractivity contribution in [2.75, 3.05) is 18.0 Å². The molecule has 0 spiro atoms. The summed E-state index contributed by atoms with van der Waals surface area (Å²) in [6, 6.07) is 16.2. The summed E-state index contributed by atoms with van der Waals surface area (Å²) in [6.07, 6.45) is 1.83. The fourth-order valence-corrected chi connectivity index (χ4v) is 5.14. The maximum absolute atomic E-state index is 13.3. The average Bonchev–Trinajstić information content (AvgIpc) is 3.39. The van der Waals surface area contributed by atoms with Crippen LogP contribution in [0, 0.1) is 18.7 Å². The third-order valence-corrected chi connectivity index (χ3v) is 7.03. The largest absolute Gasteiger partial charge is 0.352 e. The van der Waals surface area contributed by atoms with Crippen molar-refractivity contribution in [3.63, 3.8) is 0 Å². The number of piperidine rings is 1. The Morgan fingerprint density at radius 3 is 2.75 bits per heavy atom. The van der Waals surface area contributed by atoms with Crippen LogP contribution in [0.2, 0.25) is 0 Å². The topological polar surface area (TPSA) is 63.1 Å². The summed E-state index contributed by atoms with van der Waals surface area (Å²) in [4.78, 5) is 19.9. The van der Waals surface area contributed by atoms with Crippen molar-refractivity contribution >= 4 is 32.7 Å². The highest BCUT2D eigenvalue weighted by molar-refractivity contribution is 7.22. The zero-order chi connectivity index (χ0) is 22.1. The molecular formula is C24H24FN5OS. The summed E-state index contributed by atoms with van der Waals surface area (Å²) in [5.74, 6) is -0.250. The number of benzene rings is 2. The second kappa shape index (κ2) is 8.70. The lowest BCUT2D eigenvalue weighted by molar-refractivity contribution is -0.125. The molecule has 0 radical (unpaired) electrons. The Morgan fingerprint density at radius 2 is 1.97 bits per heavy atom. The van der Waals surface area contributed by atoms with Gasteiger partial charge >= 0.3 is 0 Å². The van der Waals surface area contributed by atoms with Crippen LogP contribution in [-0.2, 0) is 11.3 Å². The van der Waals surface area contributed by atoms with Crippen molar-refractivity contribution in [1.29, 1.82) is 0 Å². The molecule has 0 saturated carbocycles. The summed E-state index contributed by atoms with van der Waals surface area (Å²) >= 11 is 1.60. The van der Waals surface area contributed by atoms with Crippen molar-refractivity contribution < 1.29 is 9.18 Å². The van der Waals surface area contributed by atoms with Gasteiger partial charge < -0.3 is 10.2 Å². The van der Waals surface area contributed by atoms with E-state index in [4.69, 9.17) is 4.98 Å². The number of nitrogens with one attached hydrogen (secondary N) is 1. The highest BCUT2D eigenvalue weighted by atomic mass is 32.1. The number of carbonyl (C=O) groups excluding carboxylic acids is 1. The molecule has 1 saturated heterocycles. The minimum absolute atomic E-state index is 0.0610. The second-order valence-electron chi connectivity index (χ2n) is 8.11. The van der Waals surface area contributed by atoms with E-state index in [2.05, 4.69) is 15.3 Å². The van der Waals surface area contributed by atoms with E-state index in [-0.39, 0.29) is 17.6 Å². The molecule has 1 aliphatic heterocycles. The van der Waals surface area contributed by atoms with Crippen molar-refractivity contribution in [1.82, 2.24) is 20.1 Å². The monoisotopic (exact) mass is 449 g/mol. The Labute approximate surface area is 189 Å². The number of halogens is 1. The molecule has 1 aliphatic rings. The van der Waals surface area contributed by atoms with Gasteiger partial charge in [0.2, 0.25) is 5.91 Å². The predicted molar refractivity (Wildman–Crippen MR) is 125 cm³/mol. The van der Waals surface area contributed by atoms with Gasteiger partial charge in [0, 0.05) is 19.6 Å². The van der Waals surface area contributed by atoms with Crippen LogP contribution in [0.1, 0.15) is 24.1 Å². The molecular weight excluding hydrogens is 425 g/mol. The smallest absolute Gasteiger partial charge is 0.225 e. The van der Waals surface area contributed by atoms with Gasteiger partial charge in [-0.1, -0.05) is 41.7 Å². The molecule has 0 aliphatic carbocycles. The van der Waals surface area contributed by atoms with E-state index in [1.54, 1.807) is 28.2 Å². The fourth-order valence-electron chi connectivity index (χ4n) is 4.11. The summed E-state index contributed by atoms with van der Waals surface area (Å²) in [6.45, 7) is 4.03. The van der Waals surface area contributed by atoms with E-state index >= 15 is 0 Å². The van der Waals surface area contributed by atoms with Crippen LogP contribution in [0.25, 0.3) is 16.0 Å². The first-order valence-electron chi connectivity index (χ1n) is 10.8. The minimum atomic E-state index is -0.280. The van der Waals surface area contributed by atoms with E-state index in [0.717, 1.165) is 51.8 Å². The molecule has 164 valence electrons. The van der Waals surface area contributed by atoms with Crippen LogP contribution in [0.3, 0.4) is 0 Å². The number of fused-ring (bicyclic) bond motifs is 1. The molecule has 1 fully saturated rings. The van der Waals surface area contributed by atoms with E-state index < -0.39 is 0 Å². The lowest BCUT2D eigenvalue weighted by atomic mass is 9.97. The molecule has 3 heterocycles. The van der Waals surface area contributed by atoms with Gasteiger partial charge in [-0.3, -0.25) is 4.79 Å². The Hall–Kier alpha value is -3.26. The fraction of sp³-hybridized carbons (Fsp3) is 0.292. The number of carbonyl (C=O) groups is 1. The lowest BCUT2D eigenvalue weighted by Crippen LogP contribution is -2.42. The van der Waals surface area contributed by atoms with Gasteiger partial charge in [0.1, 0.15) is 5.82 Å². The number of aryl methyl sites for hydroxylation is 1. The van der Waals surface area contributed by atoms with Crippen LogP contribution in [0.4, 0.5) is 9.52 Å². The molecule has 0 bridgehead atoms. The summed E-state index contributed by atoms with van der Waals surface area (Å²) in [7, 11) is 0. The van der Waals surface area contributed by atoms with Crippen molar-refractivity contribution in [3.05, 3.63) is 71.7 Å². The van der Waals surface area contributed by atoms with Gasteiger partial charge in [0.25, 0.3) is 0 Å². The SMILES string of the molecule is Cc1nn(-c2ccc(F)cc2)c2nc(N3CCC[C@@H](C(=O)NCc4ccccc4)C3)sc12. The summed E-state index contributed by atoms with van der Waals surface area (Å²) < 4.78 is 16.1. The minimum Gasteiger partial charge on any atom is -0.352 e. The van der Waals surface area contributed by atoms with Crippen LogP contribution < -0.4 is 10.2 Å². The Kier molecular flexibility index (Phi) is 5.61. The van der Waals surface area contributed by atoms with Crippen LogP contribution in [-0.4, -0.2) is 33.8 Å². The normalized spacial score (nSPS) is 16.4. The first-order chi connectivity index (χ1) is 15.6. The number of hydrogen-bond acceptors (Lipinski definition) is 5. The molecule has 5 rings (SSSR count). The Balaban J connectivity index is 1.33. The first-order valence-corrected chi connectivity index (χ1v) is 11.6. The Bertz CT molecular complexity index is 1230. The van der Waals surface area contributed by atoms with E-state index in [0.29, 0.717) is 13.1 Å². The quantitative estimate of drug-likeness (QED) is 0.489. The molecule has 8 heteroatoms. The third kappa shape index (κ3) is 4.10.